The molecule has 1 N–H and O–H groups in total. The van der Waals surface area contributed by atoms with Crippen LogP contribution in [0.5, 0.6) is 0 Å². The predicted octanol–water partition coefficient (Wildman–Crippen LogP) is 3.57. The first-order chi connectivity index (χ1) is 10.2. The van der Waals surface area contributed by atoms with E-state index >= 15 is 0 Å². The molecule has 0 saturated carbocycles. The molecular formula is C15H18ClN5. The molecule has 0 atom stereocenters. The van der Waals surface area contributed by atoms with Crippen molar-refractivity contribution in [3.63, 3.8) is 0 Å². The molecule has 2 heterocycles. The molecule has 110 valence electrons. The molecule has 6 heteroatoms. The van der Waals surface area contributed by atoms with E-state index in [-0.39, 0.29) is 0 Å². The minimum Gasteiger partial charge on any atom is -0.355 e. The molecule has 1 aromatic heterocycles. The molecule has 3 rings (SSSR count). The van der Waals surface area contributed by atoms with Gasteiger partial charge in [-0.05, 0) is 49.9 Å². The lowest BCUT2D eigenvalue weighted by Crippen LogP contribution is -2.30. The molecule has 21 heavy (non-hydrogen) atoms. The number of aromatic nitrogens is 3. The molecule has 2 aromatic rings. The summed E-state index contributed by atoms with van der Waals surface area (Å²) in [4.78, 5) is 6.83. The summed E-state index contributed by atoms with van der Waals surface area (Å²) in [7, 11) is 0. The van der Waals surface area contributed by atoms with Crippen molar-refractivity contribution >= 4 is 29.1 Å². The van der Waals surface area contributed by atoms with Crippen LogP contribution in [0.4, 0.5) is 17.5 Å². The number of halogens is 1. The molecule has 1 saturated heterocycles. The van der Waals surface area contributed by atoms with Crippen molar-refractivity contribution in [1.82, 2.24) is 15.2 Å². The van der Waals surface area contributed by atoms with Crippen molar-refractivity contribution in [2.45, 2.75) is 26.2 Å². The van der Waals surface area contributed by atoms with Gasteiger partial charge in [-0.1, -0.05) is 11.6 Å². The maximum atomic E-state index is 5.97. The van der Waals surface area contributed by atoms with E-state index in [0.29, 0.717) is 5.95 Å². The number of benzene rings is 1. The van der Waals surface area contributed by atoms with E-state index in [1.165, 1.54) is 19.3 Å². The van der Waals surface area contributed by atoms with E-state index in [1.54, 1.807) is 6.20 Å². The zero-order valence-corrected chi connectivity index (χ0v) is 12.8. The fourth-order valence-corrected chi connectivity index (χ4v) is 2.74. The molecule has 0 spiro atoms. The highest BCUT2D eigenvalue weighted by atomic mass is 35.5. The van der Waals surface area contributed by atoms with Crippen LogP contribution in [-0.2, 0) is 0 Å². The topological polar surface area (TPSA) is 53.9 Å². The summed E-state index contributed by atoms with van der Waals surface area (Å²) in [5, 5.41) is 12.1. The van der Waals surface area contributed by atoms with Gasteiger partial charge in [0.1, 0.15) is 0 Å². The van der Waals surface area contributed by atoms with Crippen molar-refractivity contribution in [2.24, 2.45) is 0 Å². The minimum absolute atomic E-state index is 0.517. The zero-order chi connectivity index (χ0) is 14.7. The average molecular weight is 304 g/mol. The number of nitrogens with zero attached hydrogens (tertiary/aromatic N) is 4. The second kappa shape index (κ2) is 6.26. The molecule has 1 aliphatic rings. The summed E-state index contributed by atoms with van der Waals surface area (Å²) in [5.41, 5.74) is 1.99. The van der Waals surface area contributed by atoms with E-state index in [2.05, 4.69) is 25.4 Å². The second-order valence-electron chi connectivity index (χ2n) is 5.27. The third-order valence-electron chi connectivity index (χ3n) is 3.66. The molecule has 1 aromatic carbocycles. The summed E-state index contributed by atoms with van der Waals surface area (Å²) < 4.78 is 0. The Morgan fingerprint density at radius 3 is 2.76 bits per heavy atom. The van der Waals surface area contributed by atoms with Crippen molar-refractivity contribution in [1.29, 1.82) is 0 Å². The zero-order valence-electron chi connectivity index (χ0n) is 12.0. The van der Waals surface area contributed by atoms with E-state index in [9.17, 15) is 0 Å². The number of aryl methyl sites for hydroxylation is 1. The van der Waals surface area contributed by atoms with Crippen LogP contribution in [0.3, 0.4) is 0 Å². The minimum atomic E-state index is 0.517. The van der Waals surface area contributed by atoms with E-state index in [4.69, 9.17) is 11.6 Å². The summed E-state index contributed by atoms with van der Waals surface area (Å²) in [6.45, 7) is 4.08. The van der Waals surface area contributed by atoms with Gasteiger partial charge in [-0.15, -0.1) is 5.10 Å². The van der Waals surface area contributed by atoms with Crippen molar-refractivity contribution < 1.29 is 0 Å². The predicted molar refractivity (Wildman–Crippen MR) is 85.4 cm³/mol. The standard InChI is InChI=1S/C15H18ClN5/c1-11-9-12(16)5-6-13(11)18-15-19-14(10-17-20-15)21-7-3-2-4-8-21/h5-6,9-10H,2-4,7-8H2,1H3,(H,18,19,20). The Morgan fingerprint density at radius 2 is 2.00 bits per heavy atom. The lowest BCUT2D eigenvalue weighted by Gasteiger charge is -2.27. The van der Waals surface area contributed by atoms with Crippen LogP contribution in [0.15, 0.2) is 24.4 Å². The summed E-state index contributed by atoms with van der Waals surface area (Å²) in [5.74, 6) is 1.40. The number of anilines is 3. The smallest absolute Gasteiger partial charge is 0.249 e. The first-order valence-corrected chi connectivity index (χ1v) is 7.58. The van der Waals surface area contributed by atoms with E-state index in [0.717, 1.165) is 35.2 Å². The third-order valence-corrected chi connectivity index (χ3v) is 3.90. The summed E-state index contributed by atoms with van der Waals surface area (Å²) in [6.07, 6.45) is 5.45. The SMILES string of the molecule is Cc1cc(Cl)ccc1Nc1nncc(N2CCCCC2)n1. The fourth-order valence-electron chi connectivity index (χ4n) is 2.51. The van der Waals surface area contributed by atoms with Gasteiger partial charge in [0.15, 0.2) is 5.82 Å². The normalized spacial score (nSPS) is 15.0. The van der Waals surface area contributed by atoms with Crippen LogP contribution in [0.25, 0.3) is 0 Å². The average Bonchev–Trinajstić information content (AvgIpc) is 2.51. The van der Waals surface area contributed by atoms with Crippen LogP contribution in [0.1, 0.15) is 24.8 Å². The lowest BCUT2D eigenvalue weighted by atomic mass is 10.1. The fraction of sp³-hybridized carbons (Fsp3) is 0.400. The van der Waals surface area contributed by atoms with E-state index in [1.807, 2.05) is 25.1 Å². The van der Waals surface area contributed by atoms with E-state index < -0.39 is 0 Å². The van der Waals surface area contributed by atoms with Gasteiger partial charge in [0.2, 0.25) is 5.95 Å². The van der Waals surface area contributed by atoms with Crippen LogP contribution in [0, 0.1) is 6.92 Å². The maximum absolute atomic E-state index is 5.97. The molecule has 0 unspecified atom stereocenters. The number of nitrogens with one attached hydrogen (secondary N) is 1. The van der Waals surface area contributed by atoms with Crippen molar-refractivity contribution in [3.05, 3.63) is 35.0 Å². The van der Waals surface area contributed by atoms with Gasteiger partial charge < -0.3 is 10.2 Å². The first kappa shape index (κ1) is 14.1. The monoisotopic (exact) mass is 303 g/mol. The van der Waals surface area contributed by atoms with Crippen LogP contribution in [0.2, 0.25) is 5.02 Å². The van der Waals surface area contributed by atoms with Gasteiger partial charge in [-0.3, -0.25) is 0 Å². The Labute approximate surface area is 129 Å². The molecule has 0 bridgehead atoms. The number of rotatable bonds is 3. The van der Waals surface area contributed by atoms with Gasteiger partial charge in [0.25, 0.3) is 0 Å². The molecule has 0 aliphatic carbocycles. The highest BCUT2D eigenvalue weighted by Gasteiger charge is 2.13. The lowest BCUT2D eigenvalue weighted by molar-refractivity contribution is 0.572. The second-order valence-corrected chi connectivity index (χ2v) is 5.71. The van der Waals surface area contributed by atoms with Gasteiger partial charge in [-0.2, -0.15) is 10.1 Å². The third kappa shape index (κ3) is 3.42. The largest absolute Gasteiger partial charge is 0.355 e. The van der Waals surface area contributed by atoms with Crippen molar-refractivity contribution in [2.75, 3.05) is 23.3 Å². The van der Waals surface area contributed by atoms with Crippen LogP contribution < -0.4 is 10.2 Å². The highest BCUT2D eigenvalue weighted by Crippen LogP contribution is 2.23. The molecule has 1 fully saturated rings. The number of hydrogen-bond donors (Lipinski definition) is 1. The molecule has 0 amide bonds. The Morgan fingerprint density at radius 1 is 1.19 bits per heavy atom. The van der Waals surface area contributed by atoms with Gasteiger partial charge in [-0.25, -0.2) is 0 Å². The quantitative estimate of drug-likeness (QED) is 0.939. The summed E-state index contributed by atoms with van der Waals surface area (Å²) in [6, 6.07) is 5.68. The Balaban J connectivity index is 1.79. The first-order valence-electron chi connectivity index (χ1n) is 7.20. The molecule has 1 aliphatic heterocycles. The van der Waals surface area contributed by atoms with Crippen LogP contribution in [-0.4, -0.2) is 28.3 Å². The van der Waals surface area contributed by atoms with Gasteiger partial charge >= 0.3 is 0 Å². The molecular weight excluding hydrogens is 286 g/mol. The molecule has 0 radical (unpaired) electrons. The van der Waals surface area contributed by atoms with Gasteiger partial charge in [0, 0.05) is 23.8 Å². The van der Waals surface area contributed by atoms with Crippen molar-refractivity contribution in [3.8, 4) is 0 Å². The Hall–Kier alpha value is -1.88. The van der Waals surface area contributed by atoms with Gasteiger partial charge in [0.05, 0.1) is 6.20 Å². The highest BCUT2D eigenvalue weighted by molar-refractivity contribution is 6.30. The number of hydrogen-bond acceptors (Lipinski definition) is 5. The van der Waals surface area contributed by atoms with Crippen LogP contribution >= 0.6 is 11.6 Å². The summed E-state index contributed by atoms with van der Waals surface area (Å²) >= 11 is 5.97. The maximum Gasteiger partial charge on any atom is 0.249 e. The molecule has 5 nitrogen and oxygen atoms in total. The Bertz CT molecular complexity index is 625. The Kier molecular flexibility index (Phi) is 4.20. The number of piperidine rings is 1.